The third-order valence-corrected chi connectivity index (χ3v) is 4.92. The van der Waals surface area contributed by atoms with Crippen molar-refractivity contribution in [3.8, 4) is 11.3 Å². The average Bonchev–Trinajstić information content (AvgIpc) is 3.19. The smallest absolute Gasteiger partial charge is 0.294 e. The Labute approximate surface area is 178 Å². The average molecular weight is 448 g/mol. The van der Waals surface area contributed by atoms with Gasteiger partial charge in [0.1, 0.15) is 5.71 Å². The summed E-state index contributed by atoms with van der Waals surface area (Å²) in [7, 11) is 0. The van der Waals surface area contributed by atoms with Crippen LogP contribution in [-0.4, -0.2) is 27.6 Å². The molecule has 0 spiro atoms. The Kier molecular flexibility index (Phi) is 6.44. The molecule has 0 radical (unpaired) electrons. The van der Waals surface area contributed by atoms with Gasteiger partial charge in [0.2, 0.25) is 5.13 Å². The van der Waals surface area contributed by atoms with E-state index in [2.05, 4.69) is 15.5 Å². The maximum atomic E-state index is 13.3. The van der Waals surface area contributed by atoms with Crippen molar-refractivity contribution in [1.29, 1.82) is 0 Å². The van der Waals surface area contributed by atoms with Gasteiger partial charge in [-0.2, -0.15) is 18.3 Å². The highest BCUT2D eigenvalue weighted by Crippen LogP contribution is 2.28. The molecule has 7 nitrogen and oxygen atoms in total. The molecule has 0 unspecified atom stereocenters. The van der Waals surface area contributed by atoms with E-state index in [-0.39, 0.29) is 16.4 Å². The molecule has 1 N–H and O–H groups in total. The maximum Gasteiger partial charge on any atom is 0.431 e. The second kappa shape index (κ2) is 9.04. The molecule has 0 fully saturated rings. The number of nitrogens with one attached hydrogen (secondary N) is 1. The standard InChI is InChI=1S/C20H15F3N4O3S/c1-12-5-7-13(8-6-12)17(28)10-18(20(21,22)23)25-26-19-24-16(11-31-19)14-3-2-4-15(9-14)27(29)30/h2-9,11H,10H2,1H3,(H,24,26)/b25-18-. The Bertz CT molecular complexity index is 1140. The summed E-state index contributed by atoms with van der Waals surface area (Å²) in [4.78, 5) is 26.7. The van der Waals surface area contributed by atoms with E-state index in [1.165, 1.54) is 35.7 Å². The first kappa shape index (κ1) is 22.1. The molecule has 160 valence electrons. The van der Waals surface area contributed by atoms with Crippen molar-refractivity contribution in [3.63, 3.8) is 0 Å². The summed E-state index contributed by atoms with van der Waals surface area (Å²) in [6.07, 6.45) is -5.74. The van der Waals surface area contributed by atoms with E-state index in [0.29, 0.717) is 11.3 Å². The Morgan fingerprint density at radius 2 is 1.94 bits per heavy atom. The number of anilines is 1. The van der Waals surface area contributed by atoms with Gasteiger partial charge in [0.05, 0.1) is 17.0 Å². The predicted molar refractivity (Wildman–Crippen MR) is 111 cm³/mol. The van der Waals surface area contributed by atoms with Gasteiger partial charge in [0.15, 0.2) is 5.78 Å². The molecule has 0 aliphatic rings. The number of nitrogens with zero attached hydrogens (tertiary/aromatic N) is 3. The Morgan fingerprint density at radius 3 is 2.58 bits per heavy atom. The Hall–Kier alpha value is -3.60. The number of halogens is 3. The number of aryl methyl sites for hydroxylation is 1. The number of nitro benzene ring substituents is 1. The van der Waals surface area contributed by atoms with Gasteiger partial charge in [-0.05, 0) is 6.92 Å². The van der Waals surface area contributed by atoms with Crippen LogP contribution in [0.15, 0.2) is 59.0 Å². The number of rotatable bonds is 7. The van der Waals surface area contributed by atoms with Crippen molar-refractivity contribution in [3.05, 3.63) is 75.2 Å². The predicted octanol–water partition coefficient (Wildman–Crippen LogP) is 5.63. The number of hydrazone groups is 1. The molecular weight excluding hydrogens is 433 g/mol. The SMILES string of the molecule is Cc1ccc(C(=O)C/C(=N/Nc2nc(-c3cccc([N+](=O)[O-])c3)cs2)C(F)(F)F)cc1. The van der Waals surface area contributed by atoms with Crippen molar-refractivity contribution in [2.45, 2.75) is 19.5 Å². The molecule has 11 heteroatoms. The lowest BCUT2D eigenvalue weighted by Gasteiger charge is -2.10. The quantitative estimate of drug-likeness (QED) is 0.219. The molecule has 31 heavy (non-hydrogen) atoms. The molecule has 0 aliphatic carbocycles. The maximum absolute atomic E-state index is 13.3. The van der Waals surface area contributed by atoms with Crippen molar-refractivity contribution in [2.75, 3.05) is 5.43 Å². The number of ketones is 1. The zero-order valence-corrected chi connectivity index (χ0v) is 16.8. The molecule has 1 aromatic heterocycles. The first-order chi connectivity index (χ1) is 14.6. The zero-order chi connectivity index (χ0) is 22.6. The van der Waals surface area contributed by atoms with E-state index in [0.717, 1.165) is 16.9 Å². The highest BCUT2D eigenvalue weighted by atomic mass is 32.1. The number of hydrogen-bond acceptors (Lipinski definition) is 7. The molecule has 0 saturated carbocycles. The number of benzene rings is 2. The Morgan fingerprint density at radius 1 is 1.23 bits per heavy atom. The minimum Gasteiger partial charge on any atom is -0.294 e. The zero-order valence-electron chi connectivity index (χ0n) is 16.0. The van der Waals surface area contributed by atoms with Gasteiger partial charge in [-0.15, -0.1) is 11.3 Å². The van der Waals surface area contributed by atoms with Crippen LogP contribution in [0.2, 0.25) is 0 Å². The summed E-state index contributed by atoms with van der Waals surface area (Å²) in [6, 6.07) is 11.9. The largest absolute Gasteiger partial charge is 0.431 e. The highest BCUT2D eigenvalue weighted by molar-refractivity contribution is 7.14. The summed E-state index contributed by atoms with van der Waals surface area (Å²) in [5, 5.41) is 15.8. The topological polar surface area (TPSA) is 97.5 Å². The minimum absolute atomic E-state index is 0.0473. The van der Waals surface area contributed by atoms with E-state index in [9.17, 15) is 28.1 Å². The van der Waals surface area contributed by atoms with Crippen LogP contribution in [0.25, 0.3) is 11.3 Å². The lowest BCUT2D eigenvalue weighted by molar-refractivity contribution is -0.384. The van der Waals surface area contributed by atoms with Crippen LogP contribution in [-0.2, 0) is 0 Å². The first-order valence-electron chi connectivity index (χ1n) is 8.83. The number of carbonyl (C=O) groups excluding carboxylic acids is 1. The van der Waals surface area contributed by atoms with Gasteiger partial charge in [-0.1, -0.05) is 42.0 Å². The molecule has 0 saturated heterocycles. The third kappa shape index (κ3) is 5.72. The lowest BCUT2D eigenvalue weighted by Crippen LogP contribution is -2.27. The highest BCUT2D eigenvalue weighted by Gasteiger charge is 2.37. The summed E-state index contributed by atoms with van der Waals surface area (Å²) in [5.41, 5.74) is 2.63. The Balaban J connectivity index is 1.77. The monoisotopic (exact) mass is 448 g/mol. The number of thiazole rings is 1. The number of hydrogen-bond donors (Lipinski definition) is 1. The van der Waals surface area contributed by atoms with E-state index >= 15 is 0 Å². The minimum atomic E-state index is -4.81. The van der Waals surface area contributed by atoms with E-state index in [1.54, 1.807) is 25.1 Å². The fourth-order valence-electron chi connectivity index (χ4n) is 2.55. The molecule has 3 rings (SSSR count). The van der Waals surface area contributed by atoms with Crippen LogP contribution >= 0.6 is 11.3 Å². The molecule has 2 aromatic carbocycles. The summed E-state index contributed by atoms with van der Waals surface area (Å²) in [6.45, 7) is 1.80. The summed E-state index contributed by atoms with van der Waals surface area (Å²) >= 11 is 0.977. The van der Waals surface area contributed by atoms with Gasteiger partial charge < -0.3 is 0 Å². The number of aromatic nitrogens is 1. The van der Waals surface area contributed by atoms with Gasteiger partial charge in [-0.3, -0.25) is 20.3 Å². The van der Waals surface area contributed by atoms with Crippen molar-refractivity contribution < 1.29 is 22.9 Å². The normalized spacial score (nSPS) is 11.9. The fraction of sp³-hybridized carbons (Fsp3) is 0.150. The van der Waals surface area contributed by atoms with Crippen molar-refractivity contribution in [1.82, 2.24) is 4.98 Å². The van der Waals surface area contributed by atoms with Crippen molar-refractivity contribution in [2.24, 2.45) is 5.10 Å². The lowest BCUT2D eigenvalue weighted by atomic mass is 10.0. The number of alkyl halides is 3. The first-order valence-corrected chi connectivity index (χ1v) is 9.71. The molecule has 0 bridgehead atoms. The van der Waals surface area contributed by atoms with Gasteiger partial charge in [0.25, 0.3) is 5.69 Å². The number of non-ortho nitro benzene ring substituents is 1. The molecule has 3 aromatic rings. The van der Waals surface area contributed by atoms with E-state index in [4.69, 9.17) is 0 Å². The van der Waals surface area contributed by atoms with Crippen LogP contribution in [0.4, 0.5) is 24.0 Å². The van der Waals surface area contributed by atoms with Crippen LogP contribution in [0.3, 0.4) is 0 Å². The molecule has 1 heterocycles. The van der Waals surface area contributed by atoms with Crippen LogP contribution in [0, 0.1) is 17.0 Å². The third-order valence-electron chi connectivity index (χ3n) is 4.17. The van der Waals surface area contributed by atoms with Crippen LogP contribution in [0.5, 0.6) is 0 Å². The van der Waals surface area contributed by atoms with Gasteiger partial charge >= 0.3 is 6.18 Å². The van der Waals surface area contributed by atoms with Gasteiger partial charge in [0, 0.05) is 28.6 Å². The molecule has 0 amide bonds. The van der Waals surface area contributed by atoms with Crippen molar-refractivity contribution >= 4 is 33.7 Å². The number of Topliss-reactive ketones (excluding diaryl/α,β-unsaturated/α-hetero) is 1. The number of carbonyl (C=O) groups is 1. The molecule has 0 atom stereocenters. The second-order valence-electron chi connectivity index (χ2n) is 6.48. The fourth-order valence-corrected chi connectivity index (χ4v) is 3.21. The second-order valence-corrected chi connectivity index (χ2v) is 7.34. The summed E-state index contributed by atoms with van der Waals surface area (Å²) in [5.74, 6) is -0.714. The van der Waals surface area contributed by atoms with E-state index < -0.39 is 29.0 Å². The van der Waals surface area contributed by atoms with Crippen LogP contribution in [0.1, 0.15) is 22.3 Å². The molecular formula is C20H15F3N4O3S. The van der Waals surface area contributed by atoms with Gasteiger partial charge in [-0.25, -0.2) is 4.98 Å². The number of nitro groups is 1. The molecule has 0 aliphatic heterocycles. The van der Waals surface area contributed by atoms with E-state index in [1.807, 2.05) is 0 Å². The summed E-state index contributed by atoms with van der Waals surface area (Å²) < 4.78 is 40.0. The van der Waals surface area contributed by atoms with Crippen LogP contribution < -0.4 is 5.43 Å².